The molecular formula is C13H22N2OS. The van der Waals surface area contributed by atoms with E-state index >= 15 is 0 Å². The molecule has 1 saturated heterocycles. The Hall–Kier alpha value is -0.610. The van der Waals surface area contributed by atoms with E-state index in [1.807, 2.05) is 6.92 Å². The molecule has 3 nitrogen and oxygen atoms in total. The van der Waals surface area contributed by atoms with Gasteiger partial charge in [-0.2, -0.15) is 0 Å². The normalized spacial score (nSPS) is 29.7. The fourth-order valence-corrected chi connectivity index (χ4v) is 3.67. The third kappa shape index (κ3) is 2.47. The van der Waals surface area contributed by atoms with Gasteiger partial charge in [-0.15, -0.1) is 0 Å². The van der Waals surface area contributed by atoms with Crippen LogP contribution in [0, 0.1) is 18.8 Å². The molecule has 2 rings (SSSR count). The number of aliphatic hydroxyl groups is 1. The van der Waals surface area contributed by atoms with Crippen LogP contribution in [0.2, 0.25) is 0 Å². The lowest BCUT2D eigenvalue weighted by atomic mass is 9.86. The number of hydrogen-bond donors (Lipinski definition) is 1. The zero-order valence-corrected chi connectivity index (χ0v) is 11.9. The summed E-state index contributed by atoms with van der Waals surface area (Å²) in [7, 11) is 0. The highest BCUT2D eigenvalue weighted by Crippen LogP contribution is 2.34. The summed E-state index contributed by atoms with van der Waals surface area (Å²) in [5.41, 5.74) is 0.977. The Morgan fingerprint density at radius 3 is 2.71 bits per heavy atom. The lowest BCUT2D eigenvalue weighted by Gasteiger charge is -2.41. The van der Waals surface area contributed by atoms with Crippen molar-refractivity contribution in [3.63, 3.8) is 0 Å². The largest absolute Gasteiger partial charge is 0.391 e. The third-order valence-corrected chi connectivity index (χ3v) is 5.05. The van der Waals surface area contributed by atoms with Gasteiger partial charge in [0.2, 0.25) is 0 Å². The van der Waals surface area contributed by atoms with Gasteiger partial charge >= 0.3 is 0 Å². The molecule has 0 radical (unpaired) electrons. The average molecular weight is 254 g/mol. The summed E-state index contributed by atoms with van der Waals surface area (Å²) in [6.45, 7) is 10.1. The van der Waals surface area contributed by atoms with Crippen LogP contribution in [-0.2, 0) is 6.61 Å². The maximum Gasteiger partial charge on any atom is 0.186 e. The van der Waals surface area contributed by atoms with Crippen molar-refractivity contribution in [2.24, 2.45) is 11.8 Å². The fourth-order valence-electron chi connectivity index (χ4n) is 2.65. The molecule has 4 heteroatoms. The smallest absolute Gasteiger partial charge is 0.186 e. The minimum atomic E-state index is 0.108. The first-order valence-electron chi connectivity index (χ1n) is 6.36. The van der Waals surface area contributed by atoms with Gasteiger partial charge in [-0.1, -0.05) is 25.2 Å². The van der Waals surface area contributed by atoms with Crippen LogP contribution in [0.1, 0.15) is 37.8 Å². The molecule has 1 N–H and O–H groups in total. The molecule has 96 valence electrons. The van der Waals surface area contributed by atoms with Crippen LogP contribution < -0.4 is 4.90 Å². The van der Waals surface area contributed by atoms with Gasteiger partial charge in [0, 0.05) is 12.6 Å². The molecule has 0 amide bonds. The van der Waals surface area contributed by atoms with Crippen molar-refractivity contribution >= 4 is 16.5 Å². The Balaban J connectivity index is 2.24. The van der Waals surface area contributed by atoms with E-state index in [9.17, 15) is 5.11 Å². The summed E-state index contributed by atoms with van der Waals surface area (Å²) < 4.78 is 0. The molecule has 0 bridgehead atoms. The monoisotopic (exact) mass is 254 g/mol. The van der Waals surface area contributed by atoms with E-state index in [1.54, 1.807) is 11.3 Å². The molecule has 1 aromatic rings. The van der Waals surface area contributed by atoms with Crippen LogP contribution in [0.15, 0.2) is 0 Å². The molecule has 1 aliphatic rings. The molecule has 0 saturated carbocycles. The van der Waals surface area contributed by atoms with Crippen LogP contribution in [0.4, 0.5) is 5.13 Å². The van der Waals surface area contributed by atoms with E-state index in [-0.39, 0.29) is 6.61 Å². The quantitative estimate of drug-likeness (QED) is 0.881. The number of anilines is 1. The van der Waals surface area contributed by atoms with Gasteiger partial charge in [-0.05, 0) is 32.1 Å². The van der Waals surface area contributed by atoms with Gasteiger partial charge in [0.25, 0.3) is 0 Å². The SMILES string of the molecule is Cc1nc(N2CC(C)CC(C)C2C)sc1CO. The molecule has 3 atom stereocenters. The zero-order valence-electron chi connectivity index (χ0n) is 11.1. The Bertz CT molecular complexity index is 391. The first-order chi connectivity index (χ1) is 8.02. The van der Waals surface area contributed by atoms with Crippen LogP contribution in [0.5, 0.6) is 0 Å². The summed E-state index contributed by atoms with van der Waals surface area (Å²) in [6.07, 6.45) is 1.30. The first kappa shape index (κ1) is 12.8. The van der Waals surface area contributed by atoms with Crippen molar-refractivity contribution in [1.82, 2.24) is 4.98 Å². The second kappa shape index (κ2) is 4.94. The second-order valence-corrected chi connectivity index (χ2v) is 6.44. The summed E-state index contributed by atoms with van der Waals surface area (Å²) in [6, 6.07) is 0.545. The van der Waals surface area contributed by atoms with E-state index in [4.69, 9.17) is 0 Å². The van der Waals surface area contributed by atoms with Crippen molar-refractivity contribution < 1.29 is 5.11 Å². The number of aryl methyl sites for hydroxylation is 1. The van der Waals surface area contributed by atoms with E-state index in [0.717, 1.165) is 28.2 Å². The highest BCUT2D eigenvalue weighted by atomic mass is 32.1. The number of piperidine rings is 1. The first-order valence-corrected chi connectivity index (χ1v) is 7.18. The number of hydrogen-bond acceptors (Lipinski definition) is 4. The van der Waals surface area contributed by atoms with E-state index in [2.05, 4.69) is 30.7 Å². The lowest BCUT2D eigenvalue weighted by Crippen LogP contribution is -2.45. The van der Waals surface area contributed by atoms with Gasteiger partial charge in [0.15, 0.2) is 5.13 Å². The number of thiazole rings is 1. The van der Waals surface area contributed by atoms with Crippen molar-refractivity contribution in [3.05, 3.63) is 10.6 Å². The number of rotatable bonds is 2. The Morgan fingerprint density at radius 2 is 2.12 bits per heavy atom. The summed E-state index contributed by atoms with van der Waals surface area (Å²) in [4.78, 5) is 8.02. The summed E-state index contributed by atoms with van der Waals surface area (Å²) >= 11 is 1.64. The molecule has 0 aromatic carbocycles. The van der Waals surface area contributed by atoms with E-state index < -0.39 is 0 Å². The molecule has 1 aliphatic heterocycles. The predicted octanol–water partition coefficient (Wildman–Crippen LogP) is 2.81. The van der Waals surface area contributed by atoms with Crippen LogP contribution in [-0.4, -0.2) is 22.7 Å². The number of aliphatic hydroxyl groups excluding tert-OH is 1. The Kier molecular flexibility index (Phi) is 3.73. The van der Waals surface area contributed by atoms with Crippen LogP contribution in [0.3, 0.4) is 0 Å². The standard InChI is InChI=1S/C13H22N2OS/c1-8-5-9(2)11(4)15(6-8)13-14-10(3)12(7-16)17-13/h8-9,11,16H,5-7H2,1-4H3. The molecule has 17 heavy (non-hydrogen) atoms. The maximum atomic E-state index is 9.25. The number of aromatic nitrogens is 1. The molecule has 3 unspecified atom stereocenters. The topological polar surface area (TPSA) is 36.4 Å². The minimum absolute atomic E-state index is 0.108. The molecular weight excluding hydrogens is 232 g/mol. The minimum Gasteiger partial charge on any atom is -0.391 e. The molecule has 0 aliphatic carbocycles. The van der Waals surface area contributed by atoms with E-state index in [1.165, 1.54) is 6.42 Å². The summed E-state index contributed by atoms with van der Waals surface area (Å²) in [5.74, 6) is 1.43. The van der Waals surface area contributed by atoms with Crippen LogP contribution >= 0.6 is 11.3 Å². The average Bonchev–Trinajstić information content (AvgIpc) is 2.64. The Morgan fingerprint density at radius 1 is 1.41 bits per heavy atom. The zero-order chi connectivity index (χ0) is 12.6. The molecule has 1 aromatic heterocycles. The van der Waals surface area contributed by atoms with Crippen molar-refractivity contribution in [2.75, 3.05) is 11.4 Å². The van der Waals surface area contributed by atoms with Gasteiger partial charge < -0.3 is 10.0 Å². The van der Waals surface area contributed by atoms with Crippen molar-refractivity contribution in [3.8, 4) is 0 Å². The highest BCUT2D eigenvalue weighted by molar-refractivity contribution is 7.15. The van der Waals surface area contributed by atoms with Crippen molar-refractivity contribution in [2.45, 2.75) is 46.8 Å². The van der Waals surface area contributed by atoms with E-state index in [0.29, 0.717) is 12.0 Å². The molecule has 0 spiro atoms. The van der Waals surface area contributed by atoms with Crippen molar-refractivity contribution in [1.29, 1.82) is 0 Å². The highest BCUT2D eigenvalue weighted by Gasteiger charge is 2.30. The Labute approximate surface area is 107 Å². The van der Waals surface area contributed by atoms with Crippen LogP contribution in [0.25, 0.3) is 0 Å². The van der Waals surface area contributed by atoms with Gasteiger partial charge in [0.05, 0.1) is 17.2 Å². The van der Waals surface area contributed by atoms with Gasteiger partial charge in [-0.3, -0.25) is 0 Å². The molecule has 2 heterocycles. The summed E-state index contributed by atoms with van der Waals surface area (Å²) in [5, 5.41) is 10.3. The second-order valence-electron chi connectivity index (χ2n) is 5.37. The third-order valence-electron chi connectivity index (χ3n) is 3.87. The maximum absolute atomic E-state index is 9.25. The number of nitrogens with zero attached hydrogens (tertiary/aromatic N) is 2. The molecule has 1 fully saturated rings. The van der Waals surface area contributed by atoms with Gasteiger partial charge in [-0.25, -0.2) is 4.98 Å². The van der Waals surface area contributed by atoms with Gasteiger partial charge in [0.1, 0.15) is 0 Å². The predicted molar refractivity (Wildman–Crippen MR) is 72.5 cm³/mol. The fraction of sp³-hybridized carbons (Fsp3) is 0.769. The lowest BCUT2D eigenvalue weighted by molar-refractivity contribution is 0.284.